The van der Waals surface area contributed by atoms with Crippen molar-refractivity contribution in [3.8, 4) is 0 Å². The molecule has 0 heterocycles. The quantitative estimate of drug-likeness (QED) is 0.679. The number of nitrogens with one attached hydrogen (secondary N) is 1. The molecule has 14 heavy (non-hydrogen) atoms. The summed E-state index contributed by atoms with van der Waals surface area (Å²) in [5.74, 6) is 0.836. The maximum atomic E-state index is 3.29. The van der Waals surface area contributed by atoms with Crippen molar-refractivity contribution in [2.75, 3.05) is 13.6 Å². The van der Waals surface area contributed by atoms with E-state index in [0.29, 0.717) is 5.41 Å². The highest BCUT2D eigenvalue weighted by Gasteiger charge is 2.26. The average molecular weight is 197 g/mol. The monoisotopic (exact) mass is 197 g/mol. The Bertz CT molecular complexity index is 145. The molecule has 0 amide bonds. The normalized spacial score (nSPS) is 24.2. The van der Waals surface area contributed by atoms with Crippen LogP contribution in [0.1, 0.15) is 58.8 Å². The zero-order valence-electron chi connectivity index (χ0n) is 10.2. The van der Waals surface area contributed by atoms with Crippen molar-refractivity contribution in [3.63, 3.8) is 0 Å². The average Bonchev–Trinajstić information content (AvgIpc) is 2.30. The van der Waals surface area contributed by atoms with Gasteiger partial charge in [0, 0.05) is 0 Å². The Morgan fingerprint density at radius 2 is 1.71 bits per heavy atom. The summed E-state index contributed by atoms with van der Waals surface area (Å²) in [6.45, 7) is 6.06. The van der Waals surface area contributed by atoms with Crippen LogP contribution in [0, 0.1) is 11.3 Å². The van der Waals surface area contributed by atoms with Crippen molar-refractivity contribution in [1.29, 1.82) is 0 Å². The summed E-state index contributed by atoms with van der Waals surface area (Å²) in [7, 11) is 2.06. The predicted molar refractivity (Wildman–Crippen MR) is 63.5 cm³/mol. The molecule has 1 unspecified atom stereocenters. The second-order valence-electron chi connectivity index (χ2n) is 5.59. The predicted octanol–water partition coefficient (Wildman–Crippen LogP) is 3.59. The minimum absolute atomic E-state index is 0.646. The summed E-state index contributed by atoms with van der Waals surface area (Å²) in [6.07, 6.45) is 10.2. The third-order valence-corrected chi connectivity index (χ3v) is 3.70. The van der Waals surface area contributed by atoms with Crippen LogP contribution in [0.2, 0.25) is 0 Å². The summed E-state index contributed by atoms with van der Waals surface area (Å²) in [5.41, 5.74) is 0.646. The fourth-order valence-electron chi connectivity index (χ4n) is 3.05. The maximum Gasteiger partial charge on any atom is -0.00260 e. The molecule has 1 rings (SSSR count). The van der Waals surface area contributed by atoms with Gasteiger partial charge in [-0.3, -0.25) is 0 Å². The zero-order valence-corrected chi connectivity index (χ0v) is 10.2. The van der Waals surface area contributed by atoms with E-state index in [1.54, 1.807) is 0 Å². The molecule has 1 atom stereocenters. The first-order chi connectivity index (χ1) is 6.66. The van der Waals surface area contributed by atoms with E-state index in [4.69, 9.17) is 0 Å². The Balaban J connectivity index is 2.37. The molecule has 0 aliphatic heterocycles. The molecule has 1 aliphatic rings. The highest BCUT2D eigenvalue weighted by Crippen LogP contribution is 2.39. The molecular weight excluding hydrogens is 170 g/mol. The first kappa shape index (κ1) is 12.0. The summed E-state index contributed by atoms with van der Waals surface area (Å²) in [6, 6.07) is 0. The molecule has 1 nitrogen and oxygen atoms in total. The lowest BCUT2D eigenvalue weighted by Crippen LogP contribution is -2.24. The molecule has 0 spiro atoms. The third kappa shape index (κ3) is 4.00. The summed E-state index contributed by atoms with van der Waals surface area (Å²) >= 11 is 0. The highest BCUT2D eigenvalue weighted by atomic mass is 14.8. The van der Waals surface area contributed by atoms with E-state index >= 15 is 0 Å². The van der Waals surface area contributed by atoms with Gasteiger partial charge >= 0.3 is 0 Å². The van der Waals surface area contributed by atoms with Crippen molar-refractivity contribution in [2.24, 2.45) is 11.3 Å². The first-order valence-corrected chi connectivity index (χ1v) is 6.31. The van der Waals surface area contributed by atoms with Crippen LogP contribution < -0.4 is 5.32 Å². The molecule has 0 saturated heterocycles. The third-order valence-electron chi connectivity index (χ3n) is 3.70. The van der Waals surface area contributed by atoms with Gasteiger partial charge in [-0.1, -0.05) is 39.5 Å². The van der Waals surface area contributed by atoms with Crippen LogP contribution in [0.25, 0.3) is 0 Å². The second kappa shape index (κ2) is 5.75. The minimum Gasteiger partial charge on any atom is -0.319 e. The number of rotatable bonds is 4. The van der Waals surface area contributed by atoms with Gasteiger partial charge in [0.15, 0.2) is 0 Å². The lowest BCUT2D eigenvalue weighted by molar-refractivity contribution is 0.213. The van der Waals surface area contributed by atoms with E-state index in [1.807, 2.05) is 0 Å². The Hall–Kier alpha value is -0.0400. The van der Waals surface area contributed by atoms with Gasteiger partial charge in [0.25, 0.3) is 0 Å². The SMILES string of the molecule is CNCC(C)CC1(C)CCCCCC1. The Morgan fingerprint density at radius 1 is 1.14 bits per heavy atom. The summed E-state index contributed by atoms with van der Waals surface area (Å²) < 4.78 is 0. The van der Waals surface area contributed by atoms with E-state index in [9.17, 15) is 0 Å². The van der Waals surface area contributed by atoms with Crippen LogP contribution in [-0.2, 0) is 0 Å². The topological polar surface area (TPSA) is 12.0 Å². The van der Waals surface area contributed by atoms with Crippen molar-refractivity contribution in [3.05, 3.63) is 0 Å². The molecule has 84 valence electrons. The molecule has 0 aromatic rings. The van der Waals surface area contributed by atoms with Gasteiger partial charge in [-0.15, -0.1) is 0 Å². The van der Waals surface area contributed by atoms with Gasteiger partial charge in [0.2, 0.25) is 0 Å². The minimum atomic E-state index is 0.646. The zero-order chi connectivity index (χ0) is 10.4. The Kier molecular flexibility index (Phi) is 4.94. The molecule has 1 N–H and O–H groups in total. The lowest BCUT2D eigenvalue weighted by Gasteiger charge is -2.31. The fraction of sp³-hybridized carbons (Fsp3) is 1.00. The number of hydrogen-bond acceptors (Lipinski definition) is 1. The van der Waals surface area contributed by atoms with E-state index in [1.165, 1.54) is 51.5 Å². The molecule has 0 bridgehead atoms. The summed E-state index contributed by atoms with van der Waals surface area (Å²) in [4.78, 5) is 0. The van der Waals surface area contributed by atoms with Gasteiger partial charge in [-0.2, -0.15) is 0 Å². The smallest absolute Gasteiger partial charge is 0.00260 e. The van der Waals surface area contributed by atoms with Gasteiger partial charge in [0.05, 0.1) is 0 Å². The standard InChI is InChI=1S/C13H27N/c1-12(11-14-3)10-13(2)8-6-4-5-7-9-13/h12,14H,4-11H2,1-3H3. The van der Waals surface area contributed by atoms with Crippen LogP contribution in [0.4, 0.5) is 0 Å². The Labute approximate surface area is 89.7 Å². The van der Waals surface area contributed by atoms with Crippen molar-refractivity contribution < 1.29 is 0 Å². The molecule has 1 aliphatic carbocycles. The van der Waals surface area contributed by atoms with Crippen LogP contribution >= 0.6 is 0 Å². The van der Waals surface area contributed by atoms with Crippen molar-refractivity contribution in [2.45, 2.75) is 58.8 Å². The van der Waals surface area contributed by atoms with E-state index in [2.05, 4.69) is 26.2 Å². The molecule has 0 aromatic heterocycles. The van der Waals surface area contributed by atoms with Gasteiger partial charge in [-0.05, 0) is 44.2 Å². The van der Waals surface area contributed by atoms with Crippen LogP contribution in [-0.4, -0.2) is 13.6 Å². The second-order valence-corrected chi connectivity index (χ2v) is 5.59. The van der Waals surface area contributed by atoms with Crippen LogP contribution in [0.5, 0.6) is 0 Å². The molecule has 1 fully saturated rings. The number of hydrogen-bond donors (Lipinski definition) is 1. The van der Waals surface area contributed by atoms with Crippen molar-refractivity contribution in [1.82, 2.24) is 5.32 Å². The summed E-state index contributed by atoms with van der Waals surface area (Å²) in [5, 5.41) is 3.29. The molecular formula is C13H27N. The maximum absolute atomic E-state index is 3.29. The molecule has 0 aromatic carbocycles. The molecule has 1 saturated carbocycles. The first-order valence-electron chi connectivity index (χ1n) is 6.31. The van der Waals surface area contributed by atoms with E-state index in [0.717, 1.165) is 5.92 Å². The molecule has 1 heteroatoms. The van der Waals surface area contributed by atoms with Gasteiger partial charge in [-0.25, -0.2) is 0 Å². The fourth-order valence-corrected chi connectivity index (χ4v) is 3.05. The van der Waals surface area contributed by atoms with Crippen LogP contribution in [0.15, 0.2) is 0 Å². The van der Waals surface area contributed by atoms with Crippen LogP contribution in [0.3, 0.4) is 0 Å². The van der Waals surface area contributed by atoms with E-state index < -0.39 is 0 Å². The lowest BCUT2D eigenvalue weighted by atomic mass is 9.75. The molecule has 0 radical (unpaired) electrons. The highest BCUT2D eigenvalue weighted by molar-refractivity contribution is 4.79. The van der Waals surface area contributed by atoms with Gasteiger partial charge in [0.1, 0.15) is 0 Å². The Morgan fingerprint density at radius 3 is 2.21 bits per heavy atom. The van der Waals surface area contributed by atoms with Crippen molar-refractivity contribution >= 4 is 0 Å². The largest absolute Gasteiger partial charge is 0.319 e. The van der Waals surface area contributed by atoms with E-state index in [-0.39, 0.29) is 0 Å². The van der Waals surface area contributed by atoms with Gasteiger partial charge < -0.3 is 5.32 Å².